The minimum absolute atomic E-state index is 0.398. The lowest BCUT2D eigenvalue weighted by Gasteiger charge is -2.05. The van der Waals surface area contributed by atoms with Crippen LogP contribution in [0.5, 0.6) is 0 Å². The summed E-state index contributed by atoms with van der Waals surface area (Å²) >= 11 is 0. The van der Waals surface area contributed by atoms with Gasteiger partial charge in [-0.25, -0.2) is 4.52 Å². The summed E-state index contributed by atoms with van der Waals surface area (Å²) in [6.45, 7) is 1.09. The molecule has 0 bridgehead atoms. The lowest BCUT2D eigenvalue weighted by molar-refractivity contribution is 0.628. The van der Waals surface area contributed by atoms with E-state index in [-0.39, 0.29) is 0 Å². The SMILES string of the molecule is c1ccn2nnc(C3CCCN3)c2c1. The van der Waals surface area contributed by atoms with Gasteiger partial charge in [-0.15, -0.1) is 5.10 Å². The van der Waals surface area contributed by atoms with Crippen LogP contribution in [0.2, 0.25) is 0 Å². The number of nitrogens with one attached hydrogen (secondary N) is 1. The van der Waals surface area contributed by atoms with Crippen molar-refractivity contribution >= 4 is 5.52 Å². The van der Waals surface area contributed by atoms with E-state index in [1.54, 1.807) is 0 Å². The van der Waals surface area contributed by atoms with E-state index in [2.05, 4.69) is 21.7 Å². The number of pyridine rings is 1. The Kier molecular flexibility index (Phi) is 1.73. The number of nitrogens with zero attached hydrogens (tertiary/aromatic N) is 3. The molecule has 1 unspecified atom stereocenters. The number of rotatable bonds is 1. The van der Waals surface area contributed by atoms with Gasteiger partial charge in [-0.3, -0.25) is 0 Å². The first-order valence-electron chi connectivity index (χ1n) is 4.98. The third-order valence-electron chi connectivity index (χ3n) is 2.74. The molecule has 0 radical (unpaired) electrons. The summed E-state index contributed by atoms with van der Waals surface area (Å²) in [5.41, 5.74) is 2.20. The van der Waals surface area contributed by atoms with Crippen molar-refractivity contribution in [2.24, 2.45) is 0 Å². The van der Waals surface area contributed by atoms with Crippen LogP contribution in [0.4, 0.5) is 0 Å². The van der Waals surface area contributed by atoms with Gasteiger partial charge in [0.1, 0.15) is 5.69 Å². The standard InChI is InChI=1S/C10H12N4/c1-2-7-14-9(5-1)10(12-13-14)8-4-3-6-11-8/h1-2,5,7-8,11H,3-4,6H2. The van der Waals surface area contributed by atoms with E-state index in [0.717, 1.165) is 17.8 Å². The molecule has 1 fully saturated rings. The molecule has 0 saturated carbocycles. The lowest BCUT2D eigenvalue weighted by Crippen LogP contribution is -2.13. The summed E-state index contributed by atoms with van der Waals surface area (Å²) in [6.07, 6.45) is 4.33. The molecule has 2 aromatic heterocycles. The second-order valence-electron chi connectivity index (χ2n) is 3.65. The molecule has 72 valence electrons. The predicted molar refractivity (Wildman–Crippen MR) is 53.0 cm³/mol. The first-order chi connectivity index (χ1) is 6.95. The van der Waals surface area contributed by atoms with Crippen molar-refractivity contribution in [3.63, 3.8) is 0 Å². The maximum Gasteiger partial charge on any atom is 0.107 e. The second kappa shape index (κ2) is 3.06. The van der Waals surface area contributed by atoms with Crippen LogP contribution >= 0.6 is 0 Å². The van der Waals surface area contributed by atoms with Crippen LogP contribution in [0.3, 0.4) is 0 Å². The predicted octanol–water partition coefficient (Wildman–Crippen LogP) is 1.15. The van der Waals surface area contributed by atoms with Crippen LogP contribution in [0.15, 0.2) is 24.4 Å². The molecule has 1 atom stereocenters. The molecule has 4 nitrogen and oxygen atoms in total. The molecule has 1 aliphatic heterocycles. The quantitative estimate of drug-likeness (QED) is 0.730. The average Bonchev–Trinajstić information content (AvgIpc) is 2.85. The fourth-order valence-electron chi connectivity index (χ4n) is 2.03. The summed E-state index contributed by atoms with van der Waals surface area (Å²) in [5, 5.41) is 11.8. The van der Waals surface area contributed by atoms with Gasteiger partial charge < -0.3 is 5.32 Å². The molecule has 2 aromatic rings. The van der Waals surface area contributed by atoms with Crippen LogP contribution in [0.1, 0.15) is 24.6 Å². The monoisotopic (exact) mass is 188 g/mol. The molecule has 1 N–H and O–H groups in total. The Bertz CT molecular complexity index is 442. The minimum Gasteiger partial charge on any atom is -0.309 e. The second-order valence-corrected chi connectivity index (χ2v) is 3.65. The fraction of sp³-hybridized carbons (Fsp3) is 0.400. The van der Waals surface area contributed by atoms with Gasteiger partial charge in [0.2, 0.25) is 0 Å². The van der Waals surface area contributed by atoms with Crippen LogP contribution in [0.25, 0.3) is 5.52 Å². The van der Waals surface area contributed by atoms with Gasteiger partial charge in [0.25, 0.3) is 0 Å². The molecule has 0 aromatic carbocycles. The summed E-state index contributed by atoms with van der Waals surface area (Å²) in [6, 6.07) is 6.45. The number of hydrogen-bond donors (Lipinski definition) is 1. The third-order valence-corrected chi connectivity index (χ3v) is 2.74. The zero-order valence-electron chi connectivity index (χ0n) is 7.85. The van der Waals surface area contributed by atoms with Crippen LogP contribution in [-0.4, -0.2) is 21.4 Å². The highest BCUT2D eigenvalue weighted by Crippen LogP contribution is 2.24. The Morgan fingerprint density at radius 3 is 3.29 bits per heavy atom. The Hall–Kier alpha value is -1.42. The molecule has 1 aliphatic rings. The van der Waals surface area contributed by atoms with Gasteiger partial charge in [-0.1, -0.05) is 11.3 Å². The lowest BCUT2D eigenvalue weighted by atomic mass is 10.1. The van der Waals surface area contributed by atoms with Gasteiger partial charge in [-0.05, 0) is 31.5 Å². The molecule has 0 aliphatic carbocycles. The molecular weight excluding hydrogens is 176 g/mol. The summed E-state index contributed by atoms with van der Waals surface area (Å²) in [4.78, 5) is 0. The van der Waals surface area contributed by atoms with E-state index in [4.69, 9.17) is 0 Å². The largest absolute Gasteiger partial charge is 0.309 e. The first-order valence-corrected chi connectivity index (χ1v) is 4.98. The van der Waals surface area contributed by atoms with Crippen molar-refractivity contribution in [3.8, 4) is 0 Å². The summed E-state index contributed by atoms with van der Waals surface area (Å²) in [7, 11) is 0. The smallest absolute Gasteiger partial charge is 0.107 e. The van der Waals surface area contributed by atoms with Crippen molar-refractivity contribution in [1.82, 2.24) is 20.1 Å². The summed E-state index contributed by atoms with van der Waals surface area (Å²) in [5.74, 6) is 0. The molecule has 4 heteroatoms. The molecule has 3 rings (SSSR count). The Morgan fingerprint density at radius 1 is 1.43 bits per heavy atom. The number of hydrogen-bond acceptors (Lipinski definition) is 3. The van der Waals surface area contributed by atoms with Crippen molar-refractivity contribution in [3.05, 3.63) is 30.1 Å². The van der Waals surface area contributed by atoms with Gasteiger partial charge >= 0.3 is 0 Å². The van der Waals surface area contributed by atoms with Crippen LogP contribution in [0, 0.1) is 0 Å². The van der Waals surface area contributed by atoms with E-state index < -0.39 is 0 Å². The molecule has 14 heavy (non-hydrogen) atoms. The van der Waals surface area contributed by atoms with Gasteiger partial charge in [-0.2, -0.15) is 0 Å². The van der Waals surface area contributed by atoms with E-state index in [0.29, 0.717) is 6.04 Å². The number of fused-ring (bicyclic) bond motifs is 1. The maximum absolute atomic E-state index is 4.23. The Balaban J connectivity index is 2.11. The Morgan fingerprint density at radius 2 is 2.43 bits per heavy atom. The van der Waals surface area contributed by atoms with Crippen molar-refractivity contribution < 1.29 is 0 Å². The highest BCUT2D eigenvalue weighted by Gasteiger charge is 2.21. The van der Waals surface area contributed by atoms with Gasteiger partial charge in [0.05, 0.1) is 11.6 Å². The van der Waals surface area contributed by atoms with E-state index >= 15 is 0 Å². The fourth-order valence-corrected chi connectivity index (χ4v) is 2.03. The highest BCUT2D eigenvalue weighted by molar-refractivity contribution is 5.51. The molecule has 3 heterocycles. The molecule has 0 amide bonds. The molecule has 0 spiro atoms. The van der Waals surface area contributed by atoms with Gasteiger partial charge in [0, 0.05) is 6.20 Å². The van der Waals surface area contributed by atoms with E-state index in [1.807, 2.05) is 22.8 Å². The zero-order valence-corrected chi connectivity index (χ0v) is 7.85. The maximum atomic E-state index is 4.23. The Labute approximate surface area is 81.9 Å². The van der Waals surface area contributed by atoms with E-state index in [1.165, 1.54) is 12.8 Å². The van der Waals surface area contributed by atoms with Crippen molar-refractivity contribution in [2.75, 3.05) is 6.54 Å². The molecular formula is C10H12N4. The first kappa shape index (κ1) is 7.94. The van der Waals surface area contributed by atoms with Crippen molar-refractivity contribution in [2.45, 2.75) is 18.9 Å². The normalized spacial score (nSPS) is 21.9. The number of aromatic nitrogens is 3. The van der Waals surface area contributed by atoms with E-state index in [9.17, 15) is 0 Å². The summed E-state index contributed by atoms with van der Waals surface area (Å²) < 4.78 is 1.83. The highest BCUT2D eigenvalue weighted by atomic mass is 15.4. The van der Waals surface area contributed by atoms with Crippen molar-refractivity contribution in [1.29, 1.82) is 0 Å². The zero-order chi connectivity index (χ0) is 9.38. The topological polar surface area (TPSA) is 42.2 Å². The van der Waals surface area contributed by atoms with Gasteiger partial charge in [0.15, 0.2) is 0 Å². The average molecular weight is 188 g/mol. The molecule has 1 saturated heterocycles. The van der Waals surface area contributed by atoms with Crippen LogP contribution in [-0.2, 0) is 0 Å². The minimum atomic E-state index is 0.398. The third kappa shape index (κ3) is 1.11. The van der Waals surface area contributed by atoms with Crippen LogP contribution < -0.4 is 5.32 Å².